The average molecular weight is 412 g/mol. The van der Waals surface area contributed by atoms with Crippen LogP contribution < -0.4 is 20.5 Å². The molecule has 0 aliphatic heterocycles. The van der Waals surface area contributed by atoms with Crippen molar-refractivity contribution in [3.63, 3.8) is 0 Å². The lowest BCUT2D eigenvalue weighted by molar-refractivity contribution is -0.114. The number of ether oxygens (including phenoxy) is 2. The van der Waals surface area contributed by atoms with Crippen molar-refractivity contribution < 1.29 is 24.2 Å². The molecule has 0 fully saturated rings. The van der Waals surface area contributed by atoms with Crippen LogP contribution in [0.3, 0.4) is 0 Å². The maximum absolute atomic E-state index is 12.6. The van der Waals surface area contributed by atoms with Gasteiger partial charge in [0.2, 0.25) is 0 Å². The minimum absolute atomic E-state index is 0.234. The Morgan fingerprint density at radius 3 is 2.27 bits per heavy atom. The molecule has 30 heavy (non-hydrogen) atoms. The van der Waals surface area contributed by atoms with Gasteiger partial charge in [-0.25, -0.2) is 0 Å². The normalized spacial score (nSPS) is 11.7. The minimum Gasteiger partial charge on any atom is -0.510 e. The fourth-order valence-electron chi connectivity index (χ4n) is 2.46. The van der Waals surface area contributed by atoms with E-state index >= 15 is 0 Å². The predicted octanol–water partition coefficient (Wildman–Crippen LogP) is 4.09. The van der Waals surface area contributed by atoms with E-state index < -0.39 is 5.91 Å². The Labute approximate surface area is 174 Å². The average Bonchev–Trinajstić information content (AvgIpc) is 2.71. The fourth-order valence-corrected chi connectivity index (χ4v) is 2.46. The van der Waals surface area contributed by atoms with Crippen molar-refractivity contribution in [3.8, 4) is 11.5 Å². The number of primary amides is 1. The van der Waals surface area contributed by atoms with E-state index in [1.54, 1.807) is 44.2 Å². The summed E-state index contributed by atoms with van der Waals surface area (Å²) >= 11 is 0. The van der Waals surface area contributed by atoms with E-state index in [0.717, 1.165) is 0 Å². The van der Waals surface area contributed by atoms with Gasteiger partial charge in [-0.3, -0.25) is 9.59 Å². The number of rotatable bonds is 9. The number of anilines is 1. The smallest absolute Gasteiger partial charge is 0.272 e. The molecule has 2 aromatic carbocycles. The number of carbonyl (C=O) groups excluding carboxylic acids is 2. The van der Waals surface area contributed by atoms with Crippen LogP contribution in [0.15, 0.2) is 64.1 Å². The first-order chi connectivity index (χ1) is 14.4. The molecule has 0 bridgehead atoms. The van der Waals surface area contributed by atoms with E-state index in [9.17, 15) is 14.7 Å². The fraction of sp³-hybridized carbons (Fsp3) is 0.238. The van der Waals surface area contributed by atoms with Crippen molar-refractivity contribution in [1.82, 2.24) is 0 Å². The molecule has 0 unspecified atom stereocenters. The zero-order valence-corrected chi connectivity index (χ0v) is 17.0. The maximum atomic E-state index is 12.6. The number of nitrogens with one attached hydrogen (secondary N) is 1. The Hall–Kier alpha value is -3.88. The number of nitrogens with two attached hydrogens (primary N) is 1. The number of hydrogen-bond donors (Lipinski definition) is 3. The molecule has 0 aromatic heterocycles. The van der Waals surface area contributed by atoms with Crippen molar-refractivity contribution in [2.45, 2.75) is 20.8 Å². The number of hydrogen-bond acceptors (Lipinski definition) is 7. The highest BCUT2D eigenvalue weighted by molar-refractivity contribution is 6.05. The predicted molar refractivity (Wildman–Crippen MR) is 112 cm³/mol. The Morgan fingerprint density at radius 1 is 1.07 bits per heavy atom. The third-order valence-electron chi connectivity index (χ3n) is 3.78. The highest BCUT2D eigenvalue weighted by Gasteiger charge is 2.16. The second-order valence-corrected chi connectivity index (χ2v) is 6.00. The molecular formula is C21H24N4O5. The summed E-state index contributed by atoms with van der Waals surface area (Å²) in [4.78, 5) is 24.0. The van der Waals surface area contributed by atoms with E-state index in [-0.39, 0.29) is 23.1 Å². The minimum atomic E-state index is -0.923. The molecular weight excluding hydrogens is 388 g/mol. The van der Waals surface area contributed by atoms with Crippen LogP contribution in [0, 0.1) is 0 Å². The van der Waals surface area contributed by atoms with Gasteiger partial charge in [0.25, 0.3) is 11.8 Å². The van der Waals surface area contributed by atoms with Gasteiger partial charge in [-0.2, -0.15) is 0 Å². The summed E-state index contributed by atoms with van der Waals surface area (Å²) in [6.45, 7) is 5.51. The van der Waals surface area contributed by atoms with Crippen LogP contribution in [0.1, 0.15) is 31.1 Å². The molecule has 0 spiro atoms. The van der Waals surface area contributed by atoms with Crippen LogP contribution in [-0.2, 0) is 4.79 Å². The maximum Gasteiger partial charge on any atom is 0.272 e. The van der Waals surface area contributed by atoms with Crippen molar-refractivity contribution in [2.24, 2.45) is 16.0 Å². The summed E-state index contributed by atoms with van der Waals surface area (Å²) in [5.74, 6) is -0.963. The summed E-state index contributed by atoms with van der Waals surface area (Å²) in [5, 5.41) is 20.1. The Bertz CT molecular complexity index is 967. The van der Waals surface area contributed by atoms with Crippen LogP contribution in [0.5, 0.6) is 11.5 Å². The number of benzene rings is 2. The first-order valence-corrected chi connectivity index (χ1v) is 9.28. The monoisotopic (exact) mass is 412 g/mol. The second kappa shape index (κ2) is 10.6. The van der Waals surface area contributed by atoms with Crippen molar-refractivity contribution in [2.75, 3.05) is 18.5 Å². The van der Waals surface area contributed by atoms with Gasteiger partial charge in [-0.05, 0) is 32.9 Å². The standard InChI is InChI=1S/C21H24N4O5/c1-4-29-17-12-16(24-25-19(13(3)26)20(22)27)18(30-5-2)11-15(17)23-21(28)14-9-7-6-8-10-14/h6-12,26H,4-5H2,1-3H3,(H2,22,27)(H,23,28)/b19-13-,25-24?. The third-order valence-corrected chi connectivity index (χ3v) is 3.78. The zero-order chi connectivity index (χ0) is 22.1. The molecule has 0 saturated carbocycles. The largest absolute Gasteiger partial charge is 0.510 e. The van der Waals surface area contributed by atoms with Gasteiger partial charge in [0.05, 0.1) is 18.9 Å². The molecule has 2 amide bonds. The van der Waals surface area contributed by atoms with Crippen molar-refractivity contribution in [3.05, 3.63) is 59.5 Å². The number of azo groups is 1. The van der Waals surface area contributed by atoms with E-state index in [2.05, 4.69) is 15.5 Å². The summed E-state index contributed by atoms with van der Waals surface area (Å²) in [5.41, 5.74) is 5.92. The van der Waals surface area contributed by atoms with Gasteiger partial charge in [0.15, 0.2) is 5.70 Å². The van der Waals surface area contributed by atoms with Crippen LogP contribution in [0.4, 0.5) is 11.4 Å². The zero-order valence-electron chi connectivity index (χ0n) is 17.0. The number of carbonyl (C=O) groups is 2. The molecule has 0 heterocycles. The lowest BCUT2D eigenvalue weighted by atomic mass is 10.2. The summed E-state index contributed by atoms with van der Waals surface area (Å²) in [6.07, 6.45) is 0. The Kier molecular flexibility index (Phi) is 7.92. The third kappa shape index (κ3) is 5.81. The highest BCUT2D eigenvalue weighted by atomic mass is 16.5. The summed E-state index contributed by atoms with van der Waals surface area (Å²) in [7, 11) is 0. The molecule has 0 aliphatic carbocycles. The van der Waals surface area contributed by atoms with Crippen LogP contribution in [-0.4, -0.2) is 30.1 Å². The van der Waals surface area contributed by atoms with E-state index in [4.69, 9.17) is 15.2 Å². The number of nitrogens with zero attached hydrogens (tertiary/aromatic N) is 2. The first-order valence-electron chi connectivity index (χ1n) is 9.28. The van der Waals surface area contributed by atoms with Crippen LogP contribution >= 0.6 is 0 Å². The first kappa shape index (κ1) is 22.4. The number of aliphatic hydroxyl groups excluding tert-OH is 1. The van der Waals surface area contributed by atoms with E-state index in [1.165, 1.54) is 13.0 Å². The Balaban J connectivity index is 2.47. The number of amides is 2. The van der Waals surface area contributed by atoms with Gasteiger partial charge < -0.3 is 25.6 Å². The Morgan fingerprint density at radius 2 is 1.70 bits per heavy atom. The molecule has 0 radical (unpaired) electrons. The molecule has 2 rings (SSSR count). The topological polar surface area (TPSA) is 136 Å². The summed E-state index contributed by atoms with van der Waals surface area (Å²) in [6, 6.07) is 11.8. The van der Waals surface area contributed by atoms with Gasteiger partial charge in [0.1, 0.15) is 22.9 Å². The second-order valence-electron chi connectivity index (χ2n) is 6.00. The molecule has 9 heteroatoms. The lowest BCUT2D eigenvalue weighted by Crippen LogP contribution is -2.14. The van der Waals surface area contributed by atoms with Crippen molar-refractivity contribution >= 4 is 23.2 Å². The molecule has 9 nitrogen and oxygen atoms in total. The molecule has 0 atom stereocenters. The van der Waals surface area contributed by atoms with Gasteiger partial charge in [-0.15, -0.1) is 10.2 Å². The molecule has 2 aromatic rings. The van der Waals surface area contributed by atoms with Gasteiger partial charge in [0, 0.05) is 17.7 Å². The molecule has 0 saturated heterocycles. The van der Waals surface area contributed by atoms with Gasteiger partial charge in [-0.1, -0.05) is 18.2 Å². The number of aliphatic hydroxyl groups is 1. The lowest BCUT2D eigenvalue weighted by Gasteiger charge is -2.15. The molecule has 4 N–H and O–H groups in total. The van der Waals surface area contributed by atoms with Crippen molar-refractivity contribution in [1.29, 1.82) is 0 Å². The quantitative estimate of drug-likeness (QED) is 0.324. The number of allylic oxidation sites excluding steroid dienone is 1. The SMILES string of the molecule is CCOc1cc(NC(=O)c2ccccc2)c(OCC)cc1N=N/C(C(N)=O)=C(/C)O. The van der Waals surface area contributed by atoms with E-state index in [0.29, 0.717) is 36.0 Å². The highest BCUT2D eigenvalue weighted by Crippen LogP contribution is 2.39. The molecule has 0 aliphatic rings. The molecule has 158 valence electrons. The van der Waals surface area contributed by atoms with Crippen LogP contribution in [0.25, 0.3) is 0 Å². The summed E-state index contributed by atoms with van der Waals surface area (Å²) < 4.78 is 11.2. The van der Waals surface area contributed by atoms with Gasteiger partial charge >= 0.3 is 0 Å². The van der Waals surface area contributed by atoms with Crippen LogP contribution in [0.2, 0.25) is 0 Å². The van der Waals surface area contributed by atoms with E-state index in [1.807, 2.05) is 6.07 Å².